The highest BCUT2D eigenvalue weighted by molar-refractivity contribution is 4.92. The lowest BCUT2D eigenvalue weighted by Gasteiger charge is -2.28. The van der Waals surface area contributed by atoms with Crippen LogP contribution >= 0.6 is 0 Å². The summed E-state index contributed by atoms with van der Waals surface area (Å²) in [5.74, 6) is 3.87. The van der Waals surface area contributed by atoms with Gasteiger partial charge in [-0.2, -0.15) is 0 Å². The van der Waals surface area contributed by atoms with E-state index in [0.717, 1.165) is 23.7 Å². The molecule has 0 aromatic carbocycles. The summed E-state index contributed by atoms with van der Waals surface area (Å²) in [5.41, 5.74) is 0. The standard InChI is InChI=1S/C25H42/c1-3-5-7-11-23-18-20-25(21-19-23)13-9-8-12-24-16-14-22(15-17-24)10-6-4-2/h3-6,9,13,22-25H,7-8,10-12,14-21H2,1-2H3/t22-,23-,24-,25-. The summed E-state index contributed by atoms with van der Waals surface area (Å²) in [6.45, 7) is 4.28. The van der Waals surface area contributed by atoms with Crippen LogP contribution in [0.1, 0.15) is 97.3 Å². The highest BCUT2D eigenvalue weighted by atomic mass is 14.3. The van der Waals surface area contributed by atoms with Gasteiger partial charge in [0.1, 0.15) is 0 Å². The second-order valence-electron chi connectivity index (χ2n) is 8.62. The van der Waals surface area contributed by atoms with Crippen molar-refractivity contribution < 1.29 is 0 Å². The van der Waals surface area contributed by atoms with Crippen LogP contribution in [-0.2, 0) is 0 Å². The first kappa shape index (κ1) is 20.5. The van der Waals surface area contributed by atoms with Crippen LogP contribution in [0.25, 0.3) is 0 Å². The van der Waals surface area contributed by atoms with Crippen molar-refractivity contribution in [3.8, 4) is 0 Å². The molecule has 0 spiro atoms. The third-order valence-electron chi connectivity index (χ3n) is 6.69. The summed E-state index contributed by atoms with van der Waals surface area (Å²) in [7, 11) is 0. The van der Waals surface area contributed by atoms with Crippen molar-refractivity contribution in [1.29, 1.82) is 0 Å². The molecule has 0 saturated heterocycles. The number of hydrogen-bond donors (Lipinski definition) is 0. The molecule has 0 atom stereocenters. The van der Waals surface area contributed by atoms with Gasteiger partial charge in [-0.3, -0.25) is 0 Å². The van der Waals surface area contributed by atoms with Crippen molar-refractivity contribution in [1.82, 2.24) is 0 Å². The monoisotopic (exact) mass is 342 g/mol. The highest BCUT2D eigenvalue weighted by Crippen LogP contribution is 2.34. The zero-order valence-corrected chi connectivity index (χ0v) is 17.0. The second-order valence-corrected chi connectivity index (χ2v) is 8.62. The third-order valence-corrected chi connectivity index (χ3v) is 6.69. The molecule has 2 saturated carbocycles. The van der Waals surface area contributed by atoms with Gasteiger partial charge < -0.3 is 0 Å². The van der Waals surface area contributed by atoms with Crippen molar-refractivity contribution in [2.75, 3.05) is 0 Å². The number of rotatable bonds is 9. The minimum absolute atomic E-state index is 0.884. The summed E-state index contributed by atoms with van der Waals surface area (Å²) in [6.07, 6.45) is 32.7. The average Bonchev–Trinajstić information content (AvgIpc) is 2.66. The van der Waals surface area contributed by atoms with Gasteiger partial charge in [-0.25, -0.2) is 0 Å². The minimum Gasteiger partial charge on any atom is -0.0917 e. The first-order chi connectivity index (χ1) is 12.3. The zero-order valence-electron chi connectivity index (χ0n) is 17.0. The third kappa shape index (κ3) is 8.43. The maximum atomic E-state index is 2.57. The van der Waals surface area contributed by atoms with Crippen molar-refractivity contribution in [2.45, 2.75) is 97.3 Å². The smallest absolute Gasteiger partial charge is 0.0233 e. The molecule has 2 fully saturated rings. The van der Waals surface area contributed by atoms with Crippen LogP contribution in [0, 0.1) is 23.7 Å². The maximum absolute atomic E-state index is 2.57. The Morgan fingerprint density at radius 3 is 1.72 bits per heavy atom. The van der Waals surface area contributed by atoms with E-state index in [-0.39, 0.29) is 0 Å². The molecule has 0 radical (unpaired) electrons. The van der Waals surface area contributed by atoms with E-state index in [9.17, 15) is 0 Å². The fourth-order valence-corrected chi connectivity index (χ4v) is 4.87. The largest absolute Gasteiger partial charge is 0.0917 e. The molecule has 0 N–H and O–H groups in total. The summed E-state index contributed by atoms with van der Waals surface area (Å²) < 4.78 is 0. The van der Waals surface area contributed by atoms with Crippen LogP contribution < -0.4 is 0 Å². The zero-order chi connectivity index (χ0) is 17.7. The lowest BCUT2D eigenvalue weighted by atomic mass is 9.78. The topological polar surface area (TPSA) is 0 Å². The first-order valence-corrected chi connectivity index (χ1v) is 11.2. The Morgan fingerprint density at radius 1 is 0.600 bits per heavy atom. The molecule has 0 aromatic heterocycles. The Balaban J connectivity index is 1.53. The SMILES string of the molecule is CC=CCC[C@H]1CC[C@H](C=CCC[C@H]2CC[C@H](CC=CC)CC2)CC1. The Hall–Kier alpha value is -0.780. The van der Waals surface area contributed by atoms with Gasteiger partial charge >= 0.3 is 0 Å². The van der Waals surface area contributed by atoms with E-state index in [0.29, 0.717) is 0 Å². The van der Waals surface area contributed by atoms with E-state index in [1.54, 1.807) is 0 Å². The molecule has 0 bridgehead atoms. The van der Waals surface area contributed by atoms with Gasteiger partial charge in [0, 0.05) is 0 Å². The van der Waals surface area contributed by atoms with Crippen molar-refractivity contribution in [3.05, 3.63) is 36.5 Å². The Morgan fingerprint density at radius 2 is 1.12 bits per heavy atom. The van der Waals surface area contributed by atoms with E-state index in [4.69, 9.17) is 0 Å². The quantitative estimate of drug-likeness (QED) is 0.370. The lowest BCUT2D eigenvalue weighted by Crippen LogP contribution is -2.14. The van der Waals surface area contributed by atoms with E-state index in [1.807, 2.05) is 0 Å². The Labute approximate surface area is 157 Å². The van der Waals surface area contributed by atoms with Gasteiger partial charge in [0.25, 0.3) is 0 Å². The van der Waals surface area contributed by atoms with Gasteiger partial charge in [-0.05, 0) is 108 Å². The summed E-state index contributed by atoms with van der Waals surface area (Å²) in [4.78, 5) is 0. The average molecular weight is 343 g/mol. The molecule has 0 aromatic rings. The minimum atomic E-state index is 0.884. The van der Waals surface area contributed by atoms with E-state index in [2.05, 4.69) is 50.3 Å². The van der Waals surface area contributed by atoms with Crippen LogP contribution in [0.3, 0.4) is 0 Å². The normalized spacial score (nSPS) is 31.4. The molecule has 0 heterocycles. The molecular weight excluding hydrogens is 300 g/mol. The maximum Gasteiger partial charge on any atom is -0.0233 e. The van der Waals surface area contributed by atoms with Crippen molar-refractivity contribution in [2.24, 2.45) is 23.7 Å². The van der Waals surface area contributed by atoms with Gasteiger partial charge in [0.05, 0.1) is 0 Å². The van der Waals surface area contributed by atoms with Crippen molar-refractivity contribution in [3.63, 3.8) is 0 Å². The fourth-order valence-electron chi connectivity index (χ4n) is 4.87. The Kier molecular flexibility index (Phi) is 10.3. The fraction of sp³-hybridized carbons (Fsp3) is 0.760. The molecule has 0 aliphatic heterocycles. The number of hydrogen-bond acceptors (Lipinski definition) is 0. The van der Waals surface area contributed by atoms with Crippen LogP contribution in [0.4, 0.5) is 0 Å². The second kappa shape index (κ2) is 12.6. The predicted octanol–water partition coefficient (Wildman–Crippen LogP) is 8.26. The van der Waals surface area contributed by atoms with Gasteiger partial charge in [-0.1, -0.05) is 49.3 Å². The molecule has 0 nitrogen and oxygen atoms in total. The van der Waals surface area contributed by atoms with Crippen LogP contribution in [0.15, 0.2) is 36.5 Å². The molecule has 25 heavy (non-hydrogen) atoms. The first-order valence-electron chi connectivity index (χ1n) is 11.2. The van der Waals surface area contributed by atoms with Crippen molar-refractivity contribution >= 4 is 0 Å². The lowest BCUT2D eigenvalue weighted by molar-refractivity contribution is 0.265. The molecular formula is C25H42. The van der Waals surface area contributed by atoms with E-state index >= 15 is 0 Å². The highest BCUT2D eigenvalue weighted by Gasteiger charge is 2.20. The molecule has 142 valence electrons. The van der Waals surface area contributed by atoms with Crippen LogP contribution in [0.2, 0.25) is 0 Å². The van der Waals surface area contributed by atoms with Gasteiger partial charge in [-0.15, -0.1) is 0 Å². The summed E-state index contributed by atoms with van der Waals surface area (Å²) in [6, 6.07) is 0. The molecule has 0 amide bonds. The number of allylic oxidation sites excluding steroid dienone is 6. The predicted molar refractivity (Wildman–Crippen MR) is 113 cm³/mol. The van der Waals surface area contributed by atoms with Gasteiger partial charge in [0.15, 0.2) is 0 Å². The molecule has 2 aliphatic rings. The summed E-state index contributed by atoms with van der Waals surface area (Å²) in [5, 5.41) is 0. The van der Waals surface area contributed by atoms with Gasteiger partial charge in [0.2, 0.25) is 0 Å². The molecule has 2 aliphatic carbocycles. The van der Waals surface area contributed by atoms with E-state index < -0.39 is 0 Å². The molecule has 0 heteroatoms. The van der Waals surface area contributed by atoms with Crippen LogP contribution in [-0.4, -0.2) is 0 Å². The molecule has 2 rings (SSSR count). The Bertz CT molecular complexity index is 398. The van der Waals surface area contributed by atoms with E-state index in [1.165, 1.54) is 83.5 Å². The summed E-state index contributed by atoms with van der Waals surface area (Å²) >= 11 is 0. The molecule has 0 unspecified atom stereocenters. The van der Waals surface area contributed by atoms with Crippen LogP contribution in [0.5, 0.6) is 0 Å².